The van der Waals surface area contributed by atoms with Crippen LogP contribution in [0.1, 0.15) is 50.7 Å². The minimum Gasteiger partial charge on any atom is -0.388 e. The van der Waals surface area contributed by atoms with E-state index in [1.54, 1.807) is 6.20 Å². The van der Waals surface area contributed by atoms with Crippen molar-refractivity contribution in [2.45, 2.75) is 45.1 Å². The molecule has 0 amide bonds. The van der Waals surface area contributed by atoms with E-state index < -0.39 is 6.10 Å². The Morgan fingerprint density at radius 1 is 1.47 bits per heavy atom. The zero-order chi connectivity index (χ0) is 12.3. The molecule has 1 heterocycles. The molecule has 1 aliphatic carbocycles. The maximum atomic E-state index is 13.1. The Bertz CT molecular complexity index is 369. The molecule has 0 aliphatic heterocycles. The second-order valence-corrected chi connectivity index (χ2v) is 5.08. The van der Waals surface area contributed by atoms with Crippen molar-refractivity contribution in [3.63, 3.8) is 0 Å². The second kappa shape index (κ2) is 5.58. The largest absolute Gasteiger partial charge is 0.388 e. The average molecular weight is 237 g/mol. The molecule has 94 valence electrons. The lowest BCUT2D eigenvalue weighted by molar-refractivity contribution is 0.0673. The van der Waals surface area contributed by atoms with Crippen LogP contribution in [-0.4, -0.2) is 10.1 Å². The molecule has 1 aromatic rings. The molecule has 2 rings (SSSR count). The van der Waals surface area contributed by atoms with Gasteiger partial charge in [-0.2, -0.15) is 0 Å². The Kier molecular flexibility index (Phi) is 4.11. The lowest BCUT2D eigenvalue weighted by Gasteiger charge is -2.31. The Morgan fingerprint density at radius 3 is 3.00 bits per heavy atom. The van der Waals surface area contributed by atoms with E-state index in [9.17, 15) is 9.50 Å². The number of aromatic nitrogens is 1. The van der Waals surface area contributed by atoms with E-state index in [-0.39, 0.29) is 11.7 Å². The summed E-state index contributed by atoms with van der Waals surface area (Å²) < 4.78 is 13.1. The third kappa shape index (κ3) is 3.03. The van der Waals surface area contributed by atoms with Gasteiger partial charge in [0.25, 0.3) is 0 Å². The van der Waals surface area contributed by atoms with E-state index in [4.69, 9.17) is 0 Å². The molecule has 1 aliphatic rings. The van der Waals surface area contributed by atoms with Gasteiger partial charge < -0.3 is 5.11 Å². The molecule has 3 atom stereocenters. The number of rotatable bonds is 3. The number of hydrogen-bond donors (Lipinski definition) is 1. The van der Waals surface area contributed by atoms with Crippen molar-refractivity contribution in [3.05, 3.63) is 29.8 Å². The van der Waals surface area contributed by atoms with Crippen LogP contribution in [0.3, 0.4) is 0 Å². The van der Waals surface area contributed by atoms with Crippen LogP contribution >= 0.6 is 0 Å². The maximum Gasteiger partial charge on any atom is 0.141 e. The van der Waals surface area contributed by atoms with Gasteiger partial charge in [-0.1, -0.05) is 26.2 Å². The van der Waals surface area contributed by atoms with Crippen molar-refractivity contribution >= 4 is 0 Å². The summed E-state index contributed by atoms with van der Waals surface area (Å²) in [6.45, 7) is 2.20. The van der Waals surface area contributed by atoms with Gasteiger partial charge in [-0.25, -0.2) is 4.39 Å². The van der Waals surface area contributed by atoms with Gasteiger partial charge in [0.05, 0.1) is 12.3 Å². The SMILES string of the molecule is CCC1CCCC(C(O)c2cncc(F)c2)C1. The summed E-state index contributed by atoms with van der Waals surface area (Å²) in [6, 6.07) is 1.40. The molecule has 2 nitrogen and oxygen atoms in total. The van der Waals surface area contributed by atoms with Crippen molar-refractivity contribution in [1.82, 2.24) is 4.98 Å². The summed E-state index contributed by atoms with van der Waals surface area (Å²) in [5.74, 6) is 0.603. The minimum atomic E-state index is -0.562. The highest BCUT2D eigenvalue weighted by atomic mass is 19.1. The number of halogens is 1. The average Bonchev–Trinajstić information content (AvgIpc) is 2.38. The van der Waals surface area contributed by atoms with Gasteiger partial charge in [0, 0.05) is 11.8 Å². The standard InChI is InChI=1S/C14H20FNO/c1-2-10-4-3-5-11(6-10)14(17)12-7-13(15)9-16-8-12/h7-11,14,17H,2-6H2,1H3. The van der Waals surface area contributed by atoms with Crippen molar-refractivity contribution in [2.75, 3.05) is 0 Å². The Balaban J connectivity index is 2.06. The molecule has 3 heteroatoms. The van der Waals surface area contributed by atoms with Crippen molar-refractivity contribution in [3.8, 4) is 0 Å². The smallest absolute Gasteiger partial charge is 0.141 e. The summed E-state index contributed by atoms with van der Waals surface area (Å²) in [5.41, 5.74) is 0.617. The fraction of sp³-hybridized carbons (Fsp3) is 0.643. The van der Waals surface area contributed by atoms with E-state index in [1.165, 1.54) is 31.5 Å². The van der Waals surface area contributed by atoms with Crippen LogP contribution in [0.4, 0.5) is 4.39 Å². The van der Waals surface area contributed by atoms with E-state index in [0.29, 0.717) is 11.5 Å². The number of aliphatic hydroxyl groups is 1. The van der Waals surface area contributed by atoms with Crippen LogP contribution in [0.25, 0.3) is 0 Å². The van der Waals surface area contributed by atoms with Crippen molar-refractivity contribution < 1.29 is 9.50 Å². The predicted octanol–water partition coefficient (Wildman–Crippen LogP) is 3.47. The van der Waals surface area contributed by atoms with Gasteiger partial charge in [-0.15, -0.1) is 0 Å². The normalized spacial score (nSPS) is 26.8. The first-order chi connectivity index (χ1) is 8.20. The highest BCUT2D eigenvalue weighted by Crippen LogP contribution is 2.38. The van der Waals surface area contributed by atoms with Crippen molar-refractivity contribution in [1.29, 1.82) is 0 Å². The molecule has 0 radical (unpaired) electrons. The molecule has 1 aromatic heterocycles. The van der Waals surface area contributed by atoms with Crippen LogP contribution in [0.2, 0.25) is 0 Å². The summed E-state index contributed by atoms with van der Waals surface area (Å²) >= 11 is 0. The van der Waals surface area contributed by atoms with Crippen molar-refractivity contribution in [2.24, 2.45) is 11.8 Å². The summed E-state index contributed by atoms with van der Waals surface area (Å²) in [7, 11) is 0. The molecule has 0 saturated heterocycles. The molecule has 17 heavy (non-hydrogen) atoms. The van der Waals surface area contributed by atoms with Crippen LogP contribution < -0.4 is 0 Å². The summed E-state index contributed by atoms with van der Waals surface area (Å²) in [4.78, 5) is 3.80. The van der Waals surface area contributed by atoms with Crippen LogP contribution in [-0.2, 0) is 0 Å². The van der Waals surface area contributed by atoms with E-state index >= 15 is 0 Å². The van der Waals surface area contributed by atoms with Gasteiger partial charge in [-0.05, 0) is 30.7 Å². The first-order valence-electron chi connectivity index (χ1n) is 6.49. The molecular formula is C14H20FNO. The summed E-state index contributed by atoms with van der Waals surface area (Å²) in [6.07, 6.45) is 7.87. The van der Waals surface area contributed by atoms with E-state index in [1.807, 2.05) is 0 Å². The minimum absolute atomic E-state index is 0.261. The second-order valence-electron chi connectivity index (χ2n) is 5.08. The predicted molar refractivity (Wildman–Crippen MR) is 64.9 cm³/mol. The first kappa shape index (κ1) is 12.5. The molecule has 3 unspecified atom stereocenters. The molecule has 1 N–H and O–H groups in total. The number of nitrogens with zero attached hydrogens (tertiary/aromatic N) is 1. The third-order valence-corrected chi connectivity index (χ3v) is 3.91. The van der Waals surface area contributed by atoms with E-state index in [0.717, 1.165) is 12.8 Å². The lowest BCUT2D eigenvalue weighted by Crippen LogP contribution is -2.21. The highest BCUT2D eigenvalue weighted by molar-refractivity contribution is 5.14. The monoisotopic (exact) mass is 237 g/mol. The number of pyridine rings is 1. The molecule has 0 spiro atoms. The molecule has 1 fully saturated rings. The zero-order valence-corrected chi connectivity index (χ0v) is 10.3. The maximum absolute atomic E-state index is 13.1. The highest BCUT2D eigenvalue weighted by Gasteiger charge is 2.27. The number of hydrogen-bond acceptors (Lipinski definition) is 2. The van der Waals surface area contributed by atoms with Gasteiger partial charge >= 0.3 is 0 Å². The van der Waals surface area contributed by atoms with Gasteiger partial charge in [0.15, 0.2) is 0 Å². The fourth-order valence-corrected chi connectivity index (χ4v) is 2.85. The van der Waals surface area contributed by atoms with E-state index in [2.05, 4.69) is 11.9 Å². The van der Waals surface area contributed by atoms with Crippen LogP contribution in [0.15, 0.2) is 18.5 Å². The molecule has 1 saturated carbocycles. The third-order valence-electron chi connectivity index (χ3n) is 3.91. The van der Waals surface area contributed by atoms with Crippen LogP contribution in [0, 0.1) is 17.7 Å². The Morgan fingerprint density at radius 2 is 2.29 bits per heavy atom. The first-order valence-corrected chi connectivity index (χ1v) is 6.49. The number of aliphatic hydroxyl groups excluding tert-OH is 1. The Labute approximate surface area is 102 Å². The van der Waals surface area contributed by atoms with Gasteiger partial charge in [0.2, 0.25) is 0 Å². The molecule has 0 aromatic carbocycles. The topological polar surface area (TPSA) is 33.1 Å². The fourth-order valence-electron chi connectivity index (χ4n) is 2.85. The summed E-state index contributed by atoms with van der Waals surface area (Å²) in [5, 5.41) is 10.3. The molecule has 0 bridgehead atoms. The van der Waals surface area contributed by atoms with Gasteiger partial charge in [-0.3, -0.25) is 4.98 Å². The molecular weight excluding hydrogens is 217 g/mol. The Hall–Kier alpha value is -0.960. The van der Waals surface area contributed by atoms with Gasteiger partial charge in [0.1, 0.15) is 5.82 Å². The quantitative estimate of drug-likeness (QED) is 0.873. The lowest BCUT2D eigenvalue weighted by atomic mass is 9.76. The van der Waals surface area contributed by atoms with Crippen LogP contribution in [0.5, 0.6) is 0 Å². The zero-order valence-electron chi connectivity index (χ0n) is 10.3.